The molecule has 0 spiro atoms. The third-order valence-corrected chi connectivity index (χ3v) is 6.24. The molecule has 4 unspecified atom stereocenters. The Morgan fingerprint density at radius 1 is 0.694 bits per heavy atom. The minimum atomic E-state index is -6.54. The Morgan fingerprint density at radius 3 is 1.50 bits per heavy atom. The molecule has 0 aliphatic heterocycles. The first-order valence-electron chi connectivity index (χ1n) is 9.68. The maximum Gasteiger partial charge on any atom is 0.426 e. The average molecular weight is 556 g/mol. The number of allylic oxidation sites excluding steroid dienone is 2. The van der Waals surface area contributed by atoms with Gasteiger partial charge in [0.1, 0.15) is 13.2 Å². The normalized spacial score (nSPS) is 25.4. The van der Waals surface area contributed by atoms with Crippen LogP contribution >= 0.6 is 0 Å². The summed E-state index contributed by atoms with van der Waals surface area (Å²) in [5.41, 5.74) is -10.9. The van der Waals surface area contributed by atoms with Crippen LogP contribution in [0.5, 0.6) is 0 Å². The molecule has 0 amide bonds. The third kappa shape index (κ3) is 4.97. The van der Waals surface area contributed by atoms with Crippen LogP contribution in [0.2, 0.25) is 0 Å². The van der Waals surface area contributed by atoms with Crippen LogP contribution in [0.25, 0.3) is 0 Å². The number of ether oxygens (including phenoxy) is 2. The summed E-state index contributed by atoms with van der Waals surface area (Å²) in [5.74, 6) is -14.2. The molecule has 0 aromatic rings. The molecule has 2 aliphatic rings. The Labute approximate surface area is 192 Å². The molecule has 0 heterocycles. The van der Waals surface area contributed by atoms with Crippen molar-refractivity contribution in [3.8, 4) is 0 Å². The summed E-state index contributed by atoms with van der Waals surface area (Å²) < 4.78 is 174. The predicted octanol–water partition coefficient (Wildman–Crippen LogP) is 4.74. The lowest BCUT2D eigenvalue weighted by atomic mass is 9.67. The highest BCUT2D eigenvalue weighted by Crippen LogP contribution is 2.64. The van der Waals surface area contributed by atoms with Crippen molar-refractivity contribution in [3.05, 3.63) is 12.2 Å². The zero-order chi connectivity index (χ0) is 28.1. The summed E-state index contributed by atoms with van der Waals surface area (Å²) >= 11 is 0. The molecule has 2 aliphatic carbocycles. The molecule has 2 rings (SSSR count). The first-order chi connectivity index (χ1) is 16.0. The summed E-state index contributed by atoms with van der Waals surface area (Å²) in [7, 11) is 0. The van der Waals surface area contributed by atoms with E-state index in [0.717, 1.165) is 12.2 Å². The molecule has 2 bridgehead atoms. The van der Waals surface area contributed by atoms with E-state index in [-0.39, 0.29) is 0 Å². The molecule has 0 aromatic carbocycles. The van der Waals surface area contributed by atoms with E-state index in [9.17, 15) is 62.3 Å². The van der Waals surface area contributed by atoms with Gasteiger partial charge in [-0.2, -0.15) is 52.7 Å². The van der Waals surface area contributed by atoms with Crippen molar-refractivity contribution >= 4 is 11.9 Å². The number of carboxylic acid groups (broad SMARTS) is 2. The number of hydrogen-bond acceptors (Lipinski definition) is 4. The van der Waals surface area contributed by atoms with E-state index in [1.165, 1.54) is 0 Å². The van der Waals surface area contributed by atoms with Crippen molar-refractivity contribution in [1.82, 2.24) is 0 Å². The van der Waals surface area contributed by atoms with Gasteiger partial charge in [0, 0.05) is 5.92 Å². The second-order valence-corrected chi connectivity index (χ2v) is 8.26. The fraction of sp³-hybridized carbons (Fsp3) is 0.778. The highest BCUT2D eigenvalue weighted by atomic mass is 19.4. The molecule has 0 saturated heterocycles. The number of halogens is 12. The maximum absolute atomic E-state index is 14.0. The van der Waals surface area contributed by atoms with E-state index in [1.807, 2.05) is 0 Å². The first kappa shape index (κ1) is 30.0. The number of aliphatic carboxylic acids is 2. The van der Waals surface area contributed by atoms with Crippen molar-refractivity contribution in [2.75, 3.05) is 13.2 Å². The summed E-state index contributed by atoms with van der Waals surface area (Å²) in [6.07, 6.45) is -27.9. The number of hydrogen-bond donors (Lipinski definition) is 2. The average Bonchev–Trinajstić information content (AvgIpc) is 3.23. The molecular weight excluding hydrogens is 540 g/mol. The molecule has 0 radical (unpaired) electrons. The van der Waals surface area contributed by atoms with Gasteiger partial charge < -0.3 is 19.7 Å². The Balaban J connectivity index is 2.76. The smallest absolute Gasteiger partial charge is 0.426 e. The van der Waals surface area contributed by atoms with Gasteiger partial charge in [0.25, 0.3) is 11.2 Å². The second-order valence-electron chi connectivity index (χ2n) is 8.26. The van der Waals surface area contributed by atoms with Crippen molar-refractivity contribution in [2.45, 2.75) is 48.7 Å². The van der Waals surface area contributed by atoms with Gasteiger partial charge in [-0.3, -0.25) is 0 Å². The third-order valence-electron chi connectivity index (χ3n) is 6.24. The monoisotopic (exact) mass is 556 g/mol. The molecule has 2 N–H and O–H groups in total. The highest BCUT2D eigenvalue weighted by Gasteiger charge is 2.81. The van der Waals surface area contributed by atoms with Gasteiger partial charge in [0.15, 0.2) is 0 Å². The van der Waals surface area contributed by atoms with Gasteiger partial charge in [-0.15, -0.1) is 0 Å². The zero-order valence-electron chi connectivity index (χ0n) is 17.4. The highest BCUT2D eigenvalue weighted by molar-refractivity contribution is 5.68. The fourth-order valence-electron chi connectivity index (χ4n) is 4.91. The lowest BCUT2D eigenvalue weighted by molar-refractivity contribution is -0.408. The molecule has 4 atom stereocenters. The molecule has 36 heavy (non-hydrogen) atoms. The van der Waals surface area contributed by atoms with Gasteiger partial charge in [-0.25, -0.2) is 9.59 Å². The van der Waals surface area contributed by atoms with Gasteiger partial charge in [0.05, 0.1) is 0 Å². The Bertz CT molecular complexity index is 844. The predicted molar refractivity (Wildman–Crippen MR) is 89.2 cm³/mol. The Morgan fingerprint density at radius 2 is 1.11 bits per heavy atom. The second kappa shape index (κ2) is 9.25. The Hall–Kier alpha value is -2.24. The van der Waals surface area contributed by atoms with Crippen LogP contribution in [0.3, 0.4) is 0 Å². The zero-order valence-corrected chi connectivity index (χ0v) is 17.4. The first-order valence-corrected chi connectivity index (χ1v) is 9.68. The van der Waals surface area contributed by atoms with Crippen LogP contribution in [-0.2, 0) is 19.1 Å². The van der Waals surface area contributed by atoms with Crippen molar-refractivity contribution in [3.63, 3.8) is 0 Å². The number of rotatable bonds is 9. The summed E-state index contributed by atoms with van der Waals surface area (Å²) in [6.45, 7) is -4.47. The van der Waals surface area contributed by atoms with Gasteiger partial charge in [-0.05, 0) is 30.6 Å². The minimum absolute atomic E-state index is 0.732. The standard InChI is InChI=1S/C18H16F12O6/c19-15(20,21)13(16(22,23)24,35-5-10(31)32)4-9-7-1-2-8(3-7)12(9)14(17(25,26)27,18(28,29)30)36-6-11(33)34/h1-2,7-9,12H,3-6H2,(H,31,32)(H,33,34). The largest absolute Gasteiger partial charge is 0.480 e. The van der Waals surface area contributed by atoms with Crippen LogP contribution in [-0.4, -0.2) is 71.3 Å². The molecule has 1 saturated carbocycles. The summed E-state index contributed by atoms with van der Waals surface area (Å²) in [5, 5.41) is 17.2. The lowest BCUT2D eigenvalue weighted by Gasteiger charge is -2.48. The number of carboxylic acids is 2. The fourth-order valence-corrected chi connectivity index (χ4v) is 4.91. The number of alkyl halides is 12. The van der Waals surface area contributed by atoms with E-state index in [4.69, 9.17) is 10.2 Å². The van der Waals surface area contributed by atoms with Crippen molar-refractivity contribution in [1.29, 1.82) is 0 Å². The molecule has 6 nitrogen and oxygen atoms in total. The molecule has 18 heteroatoms. The summed E-state index contributed by atoms with van der Waals surface area (Å²) in [4.78, 5) is 21.4. The number of fused-ring (bicyclic) bond motifs is 2. The maximum atomic E-state index is 14.0. The van der Waals surface area contributed by atoms with Crippen LogP contribution in [0, 0.1) is 23.7 Å². The van der Waals surface area contributed by atoms with Gasteiger partial charge >= 0.3 is 36.6 Å². The van der Waals surface area contributed by atoms with E-state index in [1.54, 1.807) is 0 Å². The molecule has 208 valence electrons. The minimum Gasteiger partial charge on any atom is -0.480 e. The lowest BCUT2D eigenvalue weighted by Crippen LogP contribution is -2.67. The SMILES string of the molecule is O=C(O)COC(CC1C2C=CC(C2)C1C(OCC(=O)O)(C(F)(F)F)C(F)(F)F)(C(F)(F)F)C(F)(F)F. The van der Waals surface area contributed by atoms with E-state index >= 15 is 0 Å². The summed E-state index contributed by atoms with van der Waals surface area (Å²) in [6, 6.07) is 0. The molecule has 0 aromatic heterocycles. The molecular formula is C18H16F12O6. The Kier molecular flexibility index (Phi) is 7.71. The van der Waals surface area contributed by atoms with Crippen molar-refractivity contribution in [2.24, 2.45) is 23.7 Å². The van der Waals surface area contributed by atoms with E-state index in [2.05, 4.69) is 9.47 Å². The van der Waals surface area contributed by atoms with Crippen LogP contribution in [0.4, 0.5) is 52.7 Å². The quantitative estimate of drug-likeness (QED) is 0.315. The van der Waals surface area contributed by atoms with Crippen LogP contribution in [0.15, 0.2) is 12.2 Å². The van der Waals surface area contributed by atoms with E-state index < -0.39 is 97.6 Å². The van der Waals surface area contributed by atoms with Crippen molar-refractivity contribution < 1.29 is 82.0 Å². The molecule has 1 fully saturated rings. The van der Waals surface area contributed by atoms with Crippen LogP contribution in [0.1, 0.15) is 12.8 Å². The van der Waals surface area contributed by atoms with Gasteiger partial charge in [-0.1, -0.05) is 12.2 Å². The topological polar surface area (TPSA) is 93.1 Å². The van der Waals surface area contributed by atoms with Crippen LogP contribution < -0.4 is 0 Å². The number of carbonyl (C=O) groups is 2. The van der Waals surface area contributed by atoms with Gasteiger partial charge in [0.2, 0.25) is 0 Å². The van der Waals surface area contributed by atoms with E-state index in [0.29, 0.717) is 0 Å².